The average molecular weight is 240 g/mol. The zero-order valence-corrected chi connectivity index (χ0v) is 10.2. The Morgan fingerprint density at radius 2 is 2.28 bits per heavy atom. The van der Waals surface area contributed by atoms with Crippen LogP contribution in [0.4, 0.5) is 0 Å². The van der Waals surface area contributed by atoms with Crippen LogP contribution in [0, 0.1) is 11.8 Å². The van der Waals surface area contributed by atoms with E-state index >= 15 is 0 Å². The average Bonchev–Trinajstić information content (AvgIpc) is 2.90. The number of ether oxygens (including phenoxy) is 1. The second-order valence-corrected chi connectivity index (χ2v) is 3.93. The maximum atomic E-state index is 11.1. The Kier molecular flexibility index (Phi) is 3.49. The summed E-state index contributed by atoms with van der Waals surface area (Å²) >= 11 is 0. The lowest BCUT2D eigenvalue weighted by Gasteiger charge is -1.94. The van der Waals surface area contributed by atoms with E-state index in [1.807, 2.05) is 6.92 Å². The highest BCUT2D eigenvalue weighted by atomic mass is 16.5. The van der Waals surface area contributed by atoms with E-state index in [4.69, 9.17) is 9.15 Å². The first kappa shape index (κ1) is 12.0. The fraction of sp³-hybridized carbons (Fsp3) is 0.133. The normalized spacial score (nSPS) is 17.2. The molecular formula is C15H12O3. The van der Waals surface area contributed by atoms with Crippen LogP contribution in [-0.4, -0.2) is 5.97 Å². The van der Waals surface area contributed by atoms with Gasteiger partial charge in [0.15, 0.2) is 0 Å². The van der Waals surface area contributed by atoms with Gasteiger partial charge in [0.1, 0.15) is 12.0 Å². The summed E-state index contributed by atoms with van der Waals surface area (Å²) in [6, 6.07) is 1.79. The first-order valence-electron chi connectivity index (χ1n) is 5.48. The SMILES string of the molecule is CC1=C/C(=C\C(C)=C\C#Cc2ccoc2)OC1=O. The van der Waals surface area contributed by atoms with E-state index in [1.54, 1.807) is 43.7 Å². The number of carbonyl (C=O) groups is 1. The lowest BCUT2D eigenvalue weighted by atomic mass is 10.2. The Labute approximate surface area is 105 Å². The van der Waals surface area contributed by atoms with Gasteiger partial charge in [-0.25, -0.2) is 4.79 Å². The van der Waals surface area contributed by atoms with Gasteiger partial charge in [0.2, 0.25) is 0 Å². The van der Waals surface area contributed by atoms with Crippen molar-refractivity contribution in [3.8, 4) is 11.8 Å². The second kappa shape index (κ2) is 5.24. The van der Waals surface area contributed by atoms with Gasteiger partial charge in [-0.1, -0.05) is 11.8 Å². The van der Waals surface area contributed by atoms with Crippen LogP contribution in [0.1, 0.15) is 19.4 Å². The van der Waals surface area contributed by atoms with E-state index in [0.29, 0.717) is 11.3 Å². The Bertz CT molecular complexity index is 602. The molecule has 1 aromatic rings. The molecule has 0 N–H and O–H groups in total. The smallest absolute Gasteiger partial charge is 0.339 e. The molecule has 1 aromatic heterocycles. The Hall–Kier alpha value is -2.47. The van der Waals surface area contributed by atoms with Crippen LogP contribution in [0.15, 0.2) is 58.1 Å². The van der Waals surface area contributed by atoms with Gasteiger partial charge in [0.05, 0.1) is 11.8 Å². The van der Waals surface area contributed by atoms with E-state index < -0.39 is 0 Å². The molecule has 1 aliphatic rings. The topological polar surface area (TPSA) is 39.4 Å². The zero-order valence-electron chi connectivity index (χ0n) is 10.2. The van der Waals surface area contributed by atoms with Crippen molar-refractivity contribution in [2.45, 2.75) is 13.8 Å². The summed E-state index contributed by atoms with van der Waals surface area (Å²) in [6.45, 7) is 3.62. The summed E-state index contributed by atoms with van der Waals surface area (Å²) in [6.07, 6.45) is 8.41. The van der Waals surface area contributed by atoms with Gasteiger partial charge in [-0.3, -0.25) is 0 Å². The first-order valence-corrected chi connectivity index (χ1v) is 5.48. The van der Waals surface area contributed by atoms with Gasteiger partial charge in [0.25, 0.3) is 0 Å². The monoisotopic (exact) mass is 240 g/mol. The summed E-state index contributed by atoms with van der Waals surface area (Å²) < 4.78 is 9.92. The highest BCUT2D eigenvalue weighted by Gasteiger charge is 2.16. The molecule has 0 spiro atoms. The highest BCUT2D eigenvalue weighted by molar-refractivity contribution is 5.92. The third kappa shape index (κ3) is 3.02. The fourth-order valence-corrected chi connectivity index (χ4v) is 1.40. The fourth-order valence-electron chi connectivity index (χ4n) is 1.40. The molecule has 1 aliphatic heterocycles. The van der Waals surface area contributed by atoms with E-state index in [2.05, 4.69) is 11.8 Å². The summed E-state index contributed by atoms with van der Waals surface area (Å²) in [4.78, 5) is 11.1. The molecule has 0 amide bonds. The molecule has 0 saturated carbocycles. The number of hydrogen-bond donors (Lipinski definition) is 0. The molecule has 3 nitrogen and oxygen atoms in total. The van der Waals surface area contributed by atoms with Crippen molar-refractivity contribution in [1.29, 1.82) is 0 Å². The van der Waals surface area contributed by atoms with E-state index in [-0.39, 0.29) is 5.97 Å². The van der Waals surface area contributed by atoms with Crippen LogP contribution in [0.2, 0.25) is 0 Å². The van der Waals surface area contributed by atoms with Gasteiger partial charge in [-0.05, 0) is 43.7 Å². The predicted molar refractivity (Wildman–Crippen MR) is 67.3 cm³/mol. The molecule has 2 heterocycles. The van der Waals surface area contributed by atoms with Gasteiger partial charge in [-0.2, -0.15) is 0 Å². The minimum Gasteiger partial charge on any atom is -0.471 e. The molecule has 90 valence electrons. The van der Waals surface area contributed by atoms with Crippen LogP contribution < -0.4 is 0 Å². The highest BCUT2D eigenvalue weighted by Crippen LogP contribution is 2.17. The molecule has 2 rings (SSSR count). The number of esters is 1. The summed E-state index contributed by atoms with van der Waals surface area (Å²) in [5.41, 5.74) is 2.35. The zero-order chi connectivity index (χ0) is 13.0. The standard InChI is InChI=1S/C15H12O3/c1-11(4-3-5-13-6-7-17-10-13)8-14-9-12(2)15(16)18-14/h4,6-10H,1-2H3/b11-4+,14-8+. The Morgan fingerprint density at radius 3 is 2.89 bits per heavy atom. The number of rotatable bonds is 1. The van der Waals surface area contributed by atoms with Gasteiger partial charge in [-0.15, -0.1) is 0 Å². The maximum Gasteiger partial charge on any atom is 0.339 e. The van der Waals surface area contributed by atoms with Crippen LogP contribution in [0.5, 0.6) is 0 Å². The summed E-state index contributed by atoms with van der Waals surface area (Å²) in [7, 11) is 0. The van der Waals surface area contributed by atoms with Crippen LogP contribution >= 0.6 is 0 Å². The lowest BCUT2D eigenvalue weighted by molar-refractivity contribution is -0.133. The van der Waals surface area contributed by atoms with Crippen molar-refractivity contribution in [2.75, 3.05) is 0 Å². The third-order valence-corrected chi connectivity index (χ3v) is 2.30. The van der Waals surface area contributed by atoms with Crippen molar-refractivity contribution in [3.05, 3.63) is 59.3 Å². The van der Waals surface area contributed by atoms with Gasteiger partial charge < -0.3 is 9.15 Å². The minimum absolute atomic E-state index is 0.293. The van der Waals surface area contributed by atoms with E-state index in [0.717, 1.165) is 11.1 Å². The molecule has 0 aromatic carbocycles. The predicted octanol–water partition coefficient (Wildman–Crippen LogP) is 2.96. The molecule has 0 fully saturated rings. The largest absolute Gasteiger partial charge is 0.471 e. The lowest BCUT2D eigenvalue weighted by Crippen LogP contribution is -1.94. The summed E-state index contributed by atoms with van der Waals surface area (Å²) in [5, 5.41) is 0. The number of allylic oxidation sites excluding steroid dienone is 4. The summed E-state index contributed by atoms with van der Waals surface area (Å²) in [5.74, 6) is 6.09. The minimum atomic E-state index is -0.293. The van der Waals surface area contributed by atoms with Crippen molar-refractivity contribution >= 4 is 5.97 Å². The van der Waals surface area contributed by atoms with Crippen molar-refractivity contribution in [1.82, 2.24) is 0 Å². The van der Waals surface area contributed by atoms with Crippen molar-refractivity contribution < 1.29 is 13.9 Å². The molecule has 0 bridgehead atoms. The quantitative estimate of drug-likeness (QED) is 0.559. The number of cyclic esters (lactones) is 1. The third-order valence-electron chi connectivity index (χ3n) is 2.30. The molecule has 0 aliphatic carbocycles. The Morgan fingerprint density at radius 1 is 1.44 bits per heavy atom. The van der Waals surface area contributed by atoms with Crippen molar-refractivity contribution in [2.24, 2.45) is 0 Å². The second-order valence-electron chi connectivity index (χ2n) is 3.93. The van der Waals surface area contributed by atoms with E-state index in [1.165, 1.54) is 0 Å². The molecule has 0 saturated heterocycles. The van der Waals surface area contributed by atoms with Crippen molar-refractivity contribution in [3.63, 3.8) is 0 Å². The first-order chi connectivity index (χ1) is 8.65. The molecule has 0 unspecified atom stereocenters. The van der Waals surface area contributed by atoms with E-state index in [9.17, 15) is 4.79 Å². The molecule has 3 heteroatoms. The maximum absolute atomic E-state index is 11.1. The molecular weight excluding hydrogens is 228 g/mol. The number of furan rings is 1. The van der Waals surface area contributed by atoms with Crippen LogP contribution in [0.3, 0.4) is 0 Å². The number of carbonyl (C=O) groups excluding carboxylic acids is 1. The molecule has 0 atom stereocenters. The van der Waals surface area contributed by atoms with Gasteiger partial charge in [0, 0.05) is 5.57 Å². The van der Waals surface area contributed by atoms with Crippen LogP contribution in [0.25, 0.3) is 0 Å². The molecule has 0 radical (unpaired) electrons. The molecule has 18 heavy (non-hydrogen) atoms. The van der Waals surface area contributed by atoms with Gasteiger partial charge >= 0.3 is 5.97 Å². The Balaban J connectivity index is 2.07. The van der Waals surface area contributed by atoms with Crippen LogP contribution in [-0.2, 0) is 9.53 Å². The number of hydrogen-bond acceptors (Lipinski definition) is 3.